The van der Waals surface area contributed by atoms with Crippen molar-refractivity contribution in [3.8, 4) is 17.2 Å². The number of ether oxygens (including phenoxy) is 1. The molecule has 0 saturated carbocycles. The lowest BCUT2D eigenvalue weighted by molar-refractivity contribution is 0.0701. The van der Waals surface area contributed by atoms with Crippen LogP contribution in [0.3, 0.4) is 0 Å². The predicted octanol–water partition coefficient (Wildman–Crippen LogP) is 4.14. The summed E-state index contributed by atoms with van der Waals surface area (Å²) in [7, 11) is 0. The maximum absolute atomic E-state index is 12.9. The summed E-state index contributed by atoms with van der Waals surface area (Å²) < 4.78 is 7.37. The maximum Gasteiger partial charge on any atom is 0.346 e. The van der Waals surface area contributed by atoms with Gasteiger partial charge in [-0.3, -0.25) is 9.36 Å². The normalized spacial score (nSPS) is 11.0. The second kappa shape index (κ2) is 7.06. The number of fused-ring (bicyclic) bond motifs is 1. The van der Waals surface area contributed by atoms with Gasteiger partial charge in [0.05, 0.1) is 11.2 Å². The van der Waals surface area contributed by atoms with Crippen molar-refractivity contribution in [1.29, 1.82) is 0 Å². The first-order chi connectivity index (χ1) is 13.9. The van der Waals surface area contributed by atoms with E-state index < -0.39 is 11.5 Å². The molecule has 0 aliphatic heterocycles. The number of aromatic carboxylic acids is 1. The lowest BCUT2D eigenvalue weighted by atomic mass is 10.2. The third-order valence-corrected chi connectivity index (χ3v) is 5.72. The third-order valence-electron chi connectivity index (χ3n) is 4.56. The Labute approximate surface area is 169 Å². The van der Waals surface area contributed by atoms with Gasteiger partial charge < -0.3 is 15.6 Å². The van der Waals surface area contributed by atoms with Crippen LogP contribution in [0.15, 0.2) is 53.3 Å². The topological polar surface area (TPSA) is 107 Å². The molecule has 2 aromatic heterocycles. The van der Waals surface area contributed by atoms with E-state index in [1.807, 2.05) is 43.3 Å². The minimum atomic E-state index is -1.07. The van der Waals surface area contributed by atoms with Gasteiger partial charge in [-0.1, -0.05) is 24.3 Å². The molecule has 0 spiro atoms. The first kappa shape index (κ1) is 18.7. The molecule has 29 heavy (non-hydrogen) atoms. The van der Waals surface area contributed by atoms with Crippen LogP contribution in [0, 0.1) is 13.8 Å². The summed E-state index contributed by atoms with van der Waals surface area (Å²) in [5.41, 5.74) is 7.63. The SMILES string of the molecule is Cc1ccc(-n2c(=O)c(N)nc3sc(C(=O)O)c(C)c32)cc1Oc1ccccc1. The number of carboxylic acids is 1. The van der Waals surface area contributed by atoms with Gasteiger partial charge in [0.2, 0.25) is 0 Å². The number of nitrogen functional groups attached to an aromatic ring is 1. The monoisotopic (exact) mass is 407 g/mol. The summed E-state index contributed by atoms with van der Waals surface area (Å²) in [6, 6.07) is 14.6. The number of hydrogen-bond donors (Lipinski definition) is 2. The van der Waals surface area contributed by atoms with Crippen LogP contribution in [0.5, 0.6) is 11.5 Å². The number of nitrogens with two attached hydrogens (primary N) is 1. The Morgan fingerprint density at radius 3 is 2.59 bits per heavy atom. The Bertz CT molecular complexity index is 1310. The molecule has 8 heteroatoms. The molecule has 0 bridgehead atoms. The summed E-state index contributed by atoms with van der Waals surface area (Å²) in [6.07, 6.45) is 0. The van der Waals surface area contributed by atoms with Gasteiger partial charge >= 0.3 is 5.97 Å². The molecule has 0 aliphatic rings. The third kappa shape index (κ3) is 3.23. The molecule has 0 atom stereocenters. The van der Waals surface area contributed by atoms with Gasteiger partial charge in [-0.05, 0) is 37.6 Å². The van der Waals surface area contributed by atoms with Crippen molar-refractivity contribution >= 4 is 33.5 Å². The van der Waals surface area contributed by atoms with Crippen LogP contribution in [0.2, 0.25) is 0 Å². The maximum atomic E-state index is 12.9. The summed E-state index contributed by atoms with van der Waals surface area (Å²) >= 11 is 0.992. The molecule has 0 radical (unpaired) electrons. The van der Waals surface area contributed by atoms with E-state index in [0.29, 0.717) is 33.1 Å². The second-order valence-electron chi connectivity index (χ2n) is 6.52. The van der Waals surface area contributed by atoms with Gasteiger partial charge in [-0.15, -0.1) is 11.3 Å². The Kier molecular flexibility index (Phi) is 4.56. The van der Waals surface area contributed by atoms with Crippen molar-refractivity contribution in [2.24, 2.45) is 0 Å². The molecule has 4 rings (SSSR count). The molecule has 0 saturated heterocycles. The van der Waals surface area contributed by atoms with E-state index in [9.17, 15) is 14.7 Å². The Morgan fingerprint density at radius 1 is 1.17 bits per heavy atom. The fraction of sp³-hybridized carbons (Fsp3) is 0.0952. The van der Waals surface area contributed by atoms with Gasteiger partial charge in [0.15, 0.2) is 5.82 Å². The van der Waals surface area contributed by atoms with E-state index in [1.165, 1.54) is 4.57 Å². The van der Waals surface area contributed by atoms with Crippen LogP contribution >= 0.6 is 11.3 Å². The fourth-order valence-electron chi connectivity index (χ4n) is 3.11. The molecule has 3 N–H and O–H groups in total. The summed E-state index contributed by atoms with van der Waals surface area (Å²) in [5.74, 6) is -0.0169. The lowest BCUT2D eigenvalue weighted by Crippen LogP contribution is -2.23. The highest BCUT2D eigenvalue weighted by molar-refractivity contribution is 7.20. The number of rotatable bonds is 4. The van der Waals surface area contributed by atoms with Crippen LogP contribution in [0.1, 0.15) is 20.8 Å². The average Bonchev–Trinajstić information content (AvgIpc) is 3.02. The Hall–Kier alpha value is -3.65. The average molecular weight is 407 g/mol. The molecular formula is C21H17N3O4S. The zero-order valence-electron chi connectivity index (χ0n) is 15.7. The molecule has 2 aromatic carbocycles. The number of carbonyl (C=O) groups is 1. The van der Waals surface area contributed by atoms with E-state index in [0.717, 1.165) is 16.9 Å². The highest BCUT2D eigenvalue weighted by Crippen LogP contribution is 2.32. The highest BCUT2D eigenvalue weighted by atomic mass is 32.1. The van der Waals surface area contributed by atoms with E-state index in [4.69, 9.17) is 10.5 Å². The van der Waals surface area contributed by atoms with Crippen LogP contribution in [-0.4, -0.2) is 20.6 Å². The first-order valence-corrected chi connectivity index (χ1v) is 9.57. The standard InChI is InChI=1S/C21H17N3O4S/c1-11-8-9-13(10-15(11)28-14-6-4-3-5-7-14)24-16-12(2)17(21(26)27)29-19(16)23-18(22)20(24)25/h3-10H,1-2H3,(H2,22,23)(H,26,27). The lowest BCUT2D eigenvalue weighted by Gasteiger charge is -2.14. The van der Waals surface area contributed by atoms with E-state index in [-0.39, 0.29) is 10.7 Å². The van der Waals surface area contributed by atoms with Gasteiger partial charge in [0.25, 0.3) is 5.56 Å². The van der Waals surface area contributed by atoms with E-state index in [1.54, 1.807) is 19.1 Å². The van der Waals surface area contributed by atoms with Crippen molar-refractivity contribution in [1.82, 2.24) is 9.55 Å². The van der Waals surface area contributed by atoms with Crippen molar-refractivity contribution < 1.29 is 14.6 Å². The molecule has 0 unspecified atom stereocenters. The fourth-order valence-corrected chi connectivity index (χ4v) is 4.12. The second-order valence-corrected chi connectivity index (χ2v) is 7.52. The number of anilines is 1. The number of carboxylic acid groups (broad SMARTS) is 1. The van der Waals surface area contributed by atoms with Gasteiger partial charge in [-0.25, -0.2) is 9.78 Å². The zero-order chi connectivity index (χ0) is 20.7. The number of thiophene rings is 1. The highest BCUT2D eigenvalue weighted by Gasteiger charge is 2.21. The summed E-state index contributed by atoms with van der Waals surface area (Å²) in [6.45, 7) is 3.56. The number of aromatic nitrogens is 2. The van der Waals surface area contributed by atoms with E-state index >= 15 is 0 Å². The molecular weight excluding hydrogens is 390 g/mol. The van der Waals surface area contributed by atoms with Crippen LogP contribution < -0.4 is 16.0 Å². The Balaban J connectivity index is 1.95. The number of nitrogens with zero attached hydrogens (tertiary/aromatic N) is 2. The smallest absolute Gasteiger partial charge is 0.346 e. The molecule has 7 nitrogen and oxygen atoms in total. The quantitative estimate of drug-likeness (QED) is 0.526. The molecule has 2 heterocycles. The summed E-state index contributed by atoms with van der Waals surface area (Å²) in [4.78, 5) is 29.0. The summed E-state index contributed by atoms with van der Waals surface area (Å²) in [5, 5.41) is 9.46. The van der Waals surface area contributed by atoms with Gasteiger partial charge in [0, 0.05) is 11.6 Å². The molecule has 0 amide bonds. The van der Waals surface area contributed by atoms with Gasteiger partial charge in [0.1, 0.15) is 21.2 Å². The first-order valence-electron chi connectivity index (χ1n) is 8.75. The minimum Gasteiger partial charge on any atom is -0.477 e. The molecule has 0 aliphatic carbocycles. The van der Waals surface area contributed by atoms with Crippen molar-refractivity contribution in [2.45, 2.75) is 13.8 Å². The van der Waals surface area contributed by atoms with E-state index in [2.05, 4.69) is 4.98 Å². The number of aryl methyl sites for hydroxylation is 2. The van der Waals surface area contributed by atoms with Crippen molar-refractivity contribution in [2.75, 3.05) is 5.73 Å². The molecule has 146 valence electrons. The zero-order valence-corrected chi connectivity index (χ0v) is 16.5. The largest absolute Gasteiger partial charge is 0.477 e. The van der Waals surface area contributed by atoms with Crippen molar-refractivity contribution in [3.05, 3.63) is 74.9 Å². The number of benzene rings is 2. The van der Waals surface area contributed by atoms with Crippen LogP contribution in [-0.2, 0) is 0 Å². The van der Waals surface area contributed by atoms with Crippen molar-refractivity contribution in [3.63, 3.8) is 0 Å². The molecule has 0 fully saturated rings. The predicted molar refractivity (Wildman–Crippen MR) is 113 cm³/mol. The van der Waals surface area contributed by atoms with Crippen LogP contribution in [0.4, 0.5) is 5.82 Å². The molecule has 4 aromatic rings. The number of hydrogen-bond acceptors (Lipinski definition) is 6. The Morgan fingerprint density at radius 2 is 1.90 bits per heavy atom. The van der Waals surface area contributed by atoms with Gasteiger partial charge in [-0.2, -0.15) is 0 Å². The van der Waals surface area contributed by atoms with Crippen LogP contribution in [0.25, 0.3) is 16.0 Å². The number of para-hydroxylation sites is 1. The minimum absolute atomic E-state index is 0.124.